The van der Waals surface area contributed by atoms with Gasteiger partial charge in [-0.3, -0.25) is 4.79 Å². The molecule has 4 nitrogen and oxygen atoms in total. The summed E-state index contributed by atoms with van der Waals surface area (Å²) in [4.78, 5) is 13.5. The van der Waals surface area contributed by atoms with Gasteiger partial charge in [-0.05, 0) is 31.7 Å². The van der Waals surface area contributed by atoms with Crippen LogP contribution in [-0.2, 0) is 17.8 Å². The van der Waals surface area contributed by atoms with E-state index in [0.717, 1.165) is 38.2 Å². The first kappa shape index (κ1) is 16.3. The maximum atomic E-state index is 11.5. The van der Waals surface area contributed by atoms with Crippen molar-refractivity contribution in [2.45, 2.75) is 58.7 Å². The minimum absolute atomic E-state index is 0.0987. The zero-order valence-corrected chi connectivity index (χ0v) is 14.7. The Morgan fingerprint density at radius 3 is 2.91 bits per heavy atom. The zero-order chi connectivity index (χ0) is 16.6. The molecule has 2 aliphatic heterocycles. The number of hydrogen-bond acceptors (Lipinski definition) is 3. The number of hydrogen-bond donors (Lipinski definition) is 1. The van der Waals surface area contributed by atoms with Crippen molar-refractivity contribution in [3.8, 4) is 5.75 Å². The van der Waals surface area contributed by atoms with Crippen LogP contribution < -0.4 is 10.1 Å². The average Bonchev–Trinajstić information content (AvgIpc) is 2.80. The van der Waals surface area contributed by atoms with Crippen molar-refractivity contribution >= 4 is 5.91 Å². The highest BCUT2D eigenvalue weighted by Gasteiger charge is 2.32. The number of likely N-dealkylation sites (tertiary alicyclic amines) is 1. The molecular weight excluding hydrogens is 288 g/mol. The third kappa shape index (κ3) is 3.52. The minimum Gasteiger partial charge on any atom is -0.487 e. The van der Waals surface area contributed by atoms with E-state index in [1.54, 1.807) is 6.92 Å². The van der Waals surface area contributed by atoms with Gasteiger partial charge in [0.1, 0.15) is 11.4 Å². The number of piperidine rings is 1. The van der Waals surface area contributed by atoms with E-state index in [1.807, 2.05) is 4.90 Å². The SMILES string of the molecule is CC(=O)N1CCC(NCc2cccc3c2OC(C)(C)C3)C(C)C1. The van der Waals surface area contributed by atoms with E-state index in [9.17, 15) is 4.79 Å². The number of nitrogens with one attached hydrogen (secondary N) is 1. The first-order valence-corrected chi connectivity index (χ1v) is 8.64. The van der Waals surface area contributed by atoms with Gasteiger partial charge in [0.15, 0.2) is 0 Å². The lowest BCUT2D eigenvalue weighted by Crippen LogP contribution is -2.49. The molecule has 1 saturated heterocycles. The molecule has 23 heavy (non-hydrogen) atoms. The largest absolute Gasteiger partial charge is 0.487 e. The van der Waals surface area contributed by atoms with Gasteiger partial charge in [-0.15, -0.1) is 0 Å². The molecular formula is C19H28N2O2. The van der Waals surface area contributed by atoms with Gasteiger partial charge in [-0.1, -0.05) is 25.1 Å². The lowest BCUT2D eigenvalue weighted by Gasteiger charge is -2.37. The summed E-state index contributed by atoms with van der Waals surface area (Å²) < 4.78 is 6.15. The van der Waals surface area contributed by atoms with Crippen molar-refractivity contribution < 1.29 is 9.53 Å². The molecule has 1 amide bonds. The second kappa shape index (κ2) is 6.16. The molecule has 0 aliphatic carbocycles. The third-order valence-corrected chi connectivity index (χ3v) is 5.08. The minimum atomic E-state index is -0.0987. The molecule has 1 aromatic rings. The van der Waals surface area contributed by atoms with Crippen LogP contribution in [0.4, 0.5) is 0 Å². The Balaban J connectivity index is 1.62. The first-order valence-electron chi connectivity index (χ1n) is 8.64. The number of ether oxygens (including phenoxy) is 1. The van der Waals surface area contributed by atoms with Crippen LogP contribution in [0.2, 0.25) is 0 Å². The second-order valence-corrected chi connectivity index (χ2v) is 7.66. The molecule has 1 fully saturated rings. The molecule has 0 spiro atoms. The Labute approximate surface area is 139 Å². The fraction of sp³-hybridized carbons (Fsp3) is 0.632. The molecule has 2 atom stereocenters. The highest BCUT2D eigenvalue weighted by molar-refractivity contribution is 5.73. The second-order valence-electron chi connectivity index (χ2n) is 7.66. The van der Waals surface area contributed by atoms with Gasteiger partial charge in [-0.2, -0.15) is 0 Å². The van der Waals surface area contributed by atoms with E-state index in [4.69, 9.17) is 4.74 Å². The summed E-state index contributed by atoms with van der Waals surface area (Å²) in [6.07, 6.45) is 1.99. The number of nitrogens with zero attached hydrogens (tertiary/aromatic N) is 1. The topological polar surface area (TPSA) is 41.6 Å². The standard InChI is InChI=1S/C19H28N2O2/c1-13-12-21(14(2)22)9-8-17(13)20-11-16-7-5-6-15-10-19(3,4)23-18(15)16/h5-7,13,17,20H,8-12H2,1-4H3. The molecule has 2 heterocycles. The van der Waals surface area contributed by atoms with Crippen LogP contribution in [0.25, 0.3) is 0 Å². The number of amides is 1. The van der Waals surface area contributed by atoms with Gasteiger partial charge in [-0.25, -0.2) is 0 Å². The summed E-state index contributed by atoms with van der Waals surface area (Å²) >= 11 is 0. The van der Waals surface area contributed by atoms with Crippen molar-refractivity contribution in [3.05, 3.63) is 29.3 Å². The van der Waals surface area contributed by atoms with Crippen molar-refractivity contribution in [1.82, 2.24) is 10.2 Å². The van der Waals surface area contributed by atoms with Crippen LogP contribution in [0.15, 0.2) is 18.2 Å². The van der Waals surface area contributed by atoms with Gasteiger partial charge in [0.05, 0.1) is 0 Å². The Morgan fingerprint density at radius 1 is 1.43 bits per heavy atom. The lowest BCUT2D eigenvalue weighted by atomic mass is 9.93. The molecule has 4 heteroatoms. The van der Waals surface area contributed by atoms with E-state index in [1.165, 1.54) is 11.1 Å². The van der Waals surface area contributed by atoms with E-state index in [0.29, 0.717) is 12.0 Å². The van der Waals surface area contributed by atoms with Gasteiger partial charge in [0.25, 0.3) is 0 Å². The van der Waals surface area contributed by atoms with Gasteiger partial charge < -0.3 is 15.0 Å². The van der Waals surface area contributed by atoms with Crippen LogP contribution in [0.3, 0.4) is 0 Å². The number of carbonyl (C=O) groups is 1. The van der Waals surface area contributed by atoms with Gasteiger partial charge in [0, 0.05) is 44.6 Å². The molecule has 0 radical (unpaired) electrons. The van der Waals surface area contributed by atoms with E-state index < -0.39 is 0 Å². The predicted octanol–water partition coefficient (Wildman–Crippen LogP) is 2.75. The van der Waals surface area contributed by atoms with Crippen LogP contribution in [0, 0.1) is 5.92 Å². The molecule has 3 rings (SSSR count). The van der Waals surface area contributed by atoms with Crippen molar-refractivity contribution in [1.29, 1.82) is 0 Å². The summed E-state index contributed by atoms with van der Waals surface area (Å²) in [5.74, 6) is 1.73. The van der Waals surface area contributed by atoms with Crippen LogP contribution in [0.5, 0.6) is 5.75 Å². The smallest absolute Gasteiger partial charge is 0.219 e. The highest BCUT2D eigenvalue weighted by Crippen LogP contribution is 2.37. The van der Waals surface area contributed by atoms with Crippen LogP contribution in [0.1, 0.15) is 45.2 Å². The number of para-hydroxylation sites is 1. The molecule has 0 aromatic heterocycles. The maximum absolute atomic E-state index is 11.5. The van der Waals surface area contributed by atoms with Gasteiger partial charge in [0.2, 0.25) is 5.91 Å². The van der Waals surface area contributed by atoms with Crippen molar-refractivity contribution in [3.63, 3.8) is 0 Å². The van der Waals surface area contributed by atoms with E-state index >= 15 is 0 Å². The number of rotatable bonds is 3. The average molecular weight is 316 g/mol. The fourth-order valence-electron chi connectivity index (χ4n) is 3.79. The summed E-state index contributed by atoms with van der Waals surface area (Å²) in [7, 11) is 0. The summed E-state index contributed by atoms with van der Waals surface area (Å²) in [6, 6.07) is 6.91. The highest BCUT2D eigenvalue weighted by atomic mass is 16.5. The zero-order valence-electron chi connectivity index (χ0n) is 14.7. The molecule has 0 bridgehead atoms. The number of carbonyl (C=O) groups excluding carboxylic acids is 1. The predicted molar refractivity (Wildman–Crippen MR) is 91.5 cm³/mol. The number of fused-ring (bicyclic) bond motifs is 1. The Kier molecular flexibility index (Phi) is 4.37. The first-order chi connectivity index (χ1) is 10.9. The fourth-order valence-corrected chi connectivity index (χ4v) is 3.79. The monoisotopic (exact) mass is 316 g/mol. The normalized spacial score (nSPS) is 25.8. The summed E-state index contributed by atoms with van der Waals surface area (Å²) in [6.45, 7) is 10.7. The quantitative estimate of drug-likeness (QED) is 0.932. The molecule has 126 valence electrons. The van der Waals surface area contributed by atoms with E-state index in [2.05, 4.69) is 44.3 Å². The molecule has 2 unspecified atom stereocenters. The molecule has 1 aromatic carbocycles. The van der Waals surface area contributed by atoms with Gasteiger partial charge >= 0.3 is 0 Å². The number of benzene rings is 1. The molecule has 0 saturated carbocycles. The van der Waals surface area contributed by atoms with Crippen molar-refractivity contribution in [2.24, 2.45) is 5.92 Å². The van der Waals surface area contributed by atoms with E-state index in [-0.39, 0.29) is 11.5 Å². The summed E-state index contributed by atoms with van der Waals surface area (Å²) in [5, 5.41) is 3.69. The Bertz CT molecular complexity index is 597. The molecule has 2 aliphatic rings. The molecule has 1 N–H and O–H groups in total. The van der Waals surface area contributed by atoms with Crippen molar-refractivity contribution in [2.75, 3.05) is 13.1 Å². The van der Waals surface area contributed by atoms with Crippen LogP contribution >= 0.6 is 0 Å². The third-order valence-electron chi connectivity index (χ3n) is 5.08. The summed E-state index contributed by atoms with van der Waals surface area (Å²) in [5.41, 5.74) is 2.46. The lowest BCUT2D eigenvalue weighted by molar-refractivity contribution is -0.130. The Morgan fingerprint density at radius 2 is 2.22 bits per heavy atom. The van der Waals surface area contributed by atoms with Crippen LogP contribution in [-0.4, -0.2) is 35.5 Å². The Hall–Kier alpha value is -1.55. The maximum Gasteiger partial charge on any atom is 0.219 e.